The molecule has 0 bridgehead atoms. The highest BCUT2D eigenvalue weighted by Crippen LogP contribution is 2.33. The number of hydrogen-bond acceptors (Lipinski definition) is 1. The predicted octanol–water partition coefficient (Wildman–Crippen LogP) is 3.60. The second-order valence-corrected chi connectivity index (χ2v) is 5.80. The van der Waals surface area contributed by atoms with E-state index in [1.165, 1.54) is 31.4 Å². The first-order chi connectivity index (χ1) is 6.98. The molecule has 0 radical (unpaired) electrons. The number of aromatic nitrogens is 2. The molecule has 2 nitrogen and oxygen atoms in total. The Balaban J connectivity index is 2.37. The molecule has 2 rings (SSSR count). The fourth-order valence-electron chi connectivity index (χ4n) is 2.50. The van der Waals surface area contributed by atoms with Crippen LogP contribution in [0.1, 0.15) is 63.9 Å². The standard InChI is InChI=1S/C13H22N2/c1-10-9-12(13(2,3)4)15(14-10)11-7-5-6-8-11/h9,11H,5-8H2,1-4H3. The van der Waals surface area contributed by atoms with Gasteiger partial charge in [0, 0.05) is 11.1 Å². The number of hydrogen-bond donors (Lipinski definition) is 0. The largest absolute Gasteiger partial charge is 0.266 e. The fraction of sp³-hybridized carbons (Fsp3) is 0.769. The van der Waals surface area contributed by atoms with Gasteiger partial charge in [0.15, 0.2) is 0 Å². The molecule has 0 aliphatic heterocycles. The molecule has 1 aromatic heterocycles. The van der Waals surface area contributed by atoms with E-state index in [-0.39, 0.29) is 5.41 Å². The van der Waals surface area contributed by atoms with E-state index in [2.05, 4.69) is 43.5 Å². The van der Waals surface area contributed by atoms with Gasteiger partial charge in [-0.1, -0.05) is 33.6 Å². The number of aryl methyl sites for hydroxylation is 1. The highest BCUT2D eigenvalue weighted by atomic mass is 15.3. The third kappa shape index (κ3) is 2.09. The van der Waals surface area contributed by atoms with Crippen LogP contribution in [-0.2, 0) is 5.41 Å². The van der Waals surface area contributed by atoms with Gasteiger partial charge in [0.1, 0.15) is 0 Å². The quantitative estimate of drug-likeness (QED) is 0.686. The lowest BCUT2D eigenvalue weighted by Crippen LogP contribution is -2.20. The van der Waals surface area contributed by atoms with Crippen molar-refractivity contribution in [3.8, 4) is 0 Å². The lowest BCUT2D eigenvalue weighted by atomic mass is 9.91. The Morgan fingerprint density at radius 3 is 2.40 bits per heavy atom. The maximum absolute atomic E-state index is 4.68. The molecule has 1 aliphatic carbocycles. The van der Waals surface area contributed by atoms with E-state index in [9.17, 15) is 0 Å². The Kier molecular flexibility index (Phi) is 2.61. The van der Waals surface area contributed by atoms with Crippen LogP contribution in [0, 0.1) is 6.92 Å². The molecule has 1 fully saturated rings. The molecule has 15 heavy (non-hydrogen) atoms. The summed E-state index contributed by atoms with van der Waals surface area (Å²) in [5, 5.41) is 4.68. The summed E-state index contributed by atoms with van der Waals surface area (Å²) in [5.41, 5.74) is 2.77. The van der Waals surface area contributed by atoms with Crippen molar-refractivity contribution in [3.05, 3.63) is 17.5 Å². The van der Waals surface area contributed by atoms with E-state index in [1.54, 1.807) is 0 Å². The summed E-state index contributed by atoms with van der Waals surface area (Å²) in [4.78, 5) is 0. The van der Waals surface area contributed by atoms with Crippen molar-refractivity contribution in [2.24, 2.45) is 0 Å². The summed E-state index contributed by atoms with van der Waals surface area (Å²) in [7, 11) is 0. The van der Waals surface area contributed by atoms with Crippen LogP contribution in [0.5, 0.6) is 0 Å². The minimum Gasteiger partial charge on any atom is -0.266 e. The van der Waals surface area contributed by atoms with Gasteiger partial charge in [-0.3, -0.25) is 4.68 Å². The molecule has 1 saturated carbocycles. The summed E-state index contributed by atoms with van der Waals surface area (Å²) in [6.07, 6.45) is 5.36. The third-order valence-electron chi connectivity index (χ3n) is 3.30. The maximum Gasteiger partial charge on any atom is 0.0596 e. The van der Waals surface area contributed by atoms with Gasteiger partial charge in [0.2, 0.25) is 0 Å². The Hall–Kier alpha value is -0.790. The normalized spacial score (nSPS) is 18.7. The van der Waals surface area contributed by atoms with Crippen LogP contribution in [0.15, 0.2) is 6.07 Å². The zero-order valence-electron chi connectivity index (χ0n) is 10.4. The molecule has 0 atom stereocenters. The Morgan fingerprint density at radius 2 is 1.87 bits per heavy atom. The van der Waals surface area contributed by atoms with E-state index in [0.29, 0.717) is 6.04 Å². The Morgan fingerprint density at radius 1 is 1.27 bits per heavy atom. The van der Waals surface area contributed by atoms with Gasteiger partial charge in [0.25, 0.3) is 0 Å². The monoisotopic (exact) mass is 206 g/mol. The average Bonchev–Trinajstić information content (AvgIpc) is 2.68. The van der Waals surface area contributed by atoms with E-state index >= 15 is 0 Å². The van der Waals surface area contributed by atoms with Crippen LogP contribution in [0.3, 0.4) is 0 Å². The van der Waals surface area contributed by atoms with E-state index in [0.717, 1.165) is 5.69 Å². The smallest absolute Gasteiger partial charge is 0.0596 e. The van der Waals surface area contributed by atoms with Gasteiger partial charge in [0.05, 0.1) is 11.7 Å². The molecule has 0 spiro atoms. The third-order valence-corrected chi connectivity index (χ3v) is 3.30. The molecule has 1 aliphatic rings. The molecular weight excluding hydrogens is 184 g/mol. The van der Waals surface area contributed by atoms with Crippen molar-refractivity contribution >= 4 is 0 Å². The van der Waals surface area contributed by atoms with Crippen molar-refractivity contribution in [2.45, 2.75) is 64.8 Å². The van der Waals surface area contributed by atoms with Crippen molar-refractivity contribution in [2.75, 3.05) is 0 Å². The van der Waals surface area contributed by atoms with Crippen LogP contribution < -0.4 is 0 Å². The highest BCUT2D eigenvalue weighted by Gasteiger charge is 2.26. The molecular formula is C13H22N2. The lowest BCUT2D eigenvalue weighted by molar-refractivity contribution is 0.408. The molecule has 0 saturated heterocycles. The molecule has 0 aromatic carbocycles. The second kappa shape index (κ2) is 3.66. The van der Waals surface area contributed by atoms with Gasteiger partial charge in [-0.05, 0) is 25.8 Å². The molecule has 1 aromatic rings. The number of rotatable bonds is 1. The lowest BCUT2D eigenvalue weighted by Gasteiger charge is -2.23. The highest BCUT2D eigenvalue weighted by molar-refractivity contribution is 5.18. The van der Waals surface area contributed by atoms with Crippen molar-refractivity contribution in [3.63, 3.8) is 0 Å². The fourth-order valence-corrected chi connectivity index (χ4v) is 2.50. The van der Waals surface area contributed by atoms with Crippen LogP contribution in [0.4, 0.5) is 0 Å². The molecule has 0 amide bonds. The summed E-state index contributed by atoms with van der Waals surface area (Å²) in [6.45, 7) is 8.92. The molecule has 0 N–H and O–H groups in total. The van der Waals surface area contributed by atoms with Gasteiger partial charge < -0.3 is 0 Å². The van der Waals surface area contributed by atoms with Crippen LogP contribution in [0.25, 0.3) is 0 Å². The van der Waals surface area contributed by atoms with Crippen LogP contribution in [-0.4, -0.2) is 9.78 Å². The summed E-state index contributed by atoms with van der Waals surface area (Å²) in [6, 6.07) is 2.91. The summed E-state index contributed by atoms with van der Waals surface area (Å²) in [5.74, 6) is 0. The van der Waals surface area contributed by atoms with E-state index in [4.69, 9.17) is 0 Å². The van der Waals surface area contributed by atoms with Gasteiger partial charge >= 0.3 is 0 Å². The first-order valence-electron chi connectivity index (χ1n) is 6.05. The summed E-state index contributed by atoms with van der Waals surface area (Å²) >= 11 is 0. The van der Waals surface area contributed by atoms with Gasteiger partial charge in [-0.25, -0.2) is 0 Å². The molecule has 1 heterocycles. The Labute approximate surface area is 92.7 Å². The summed E-state index contributed by atoms with van der Waals surface area (Å²) < 4.78 is 2.29. The zero-order chi connectivity index (χ0) is 11.1. The molecule has 2 heteroatoms. The Bertz CT molecular complexity index is 338. The van der Waals surface area contributed by atoms with Gasteiger partial charge in [-0.2, -0.15) is 5.10 Å². The van der Waals surface area contributed by atoms with Crippen molar-refractivity contribution in [1.82, 2.24) is 9.78 Å². The molecule has 0 unspecified atom stereocenters. The first-order valence-corrected chi connectivity index (χ1v) is 6.05. The van der Waals surface area contributed by atoms with E-state index < -0.39 is 0 Å². The SMILES string of the molecule is Cc1cc(C(C)(C)C)n(C2CCCC2)n1. The van der Waals surface area contributed by atoms with Crippen LogP contribution >= 0.6 is 0 Å². The molecule has 84 valence electrons. The number of nitrogens with zero attached hydrogens (tertiary/aromatic N) is 2. The van der Waals surface area contributed by atoms with Crippen molar-refractivity contribution in [1.29, 1.82) is 0 Å². The average molecular weight is 206 g/mol. The maximum atomic E-state index is 4.68. The first kappa shape index (κ1) is 10.7. The minimum atomic E-state index is 0.212. The predicted molar refractivity (Wildman–Crippen MR) is 63.2 cm³/mol. The minimum absolute atomic E-state index is 0.212. The zero-order valence-corrected chi connectivity index (χ0v) is 10.4. The van der Waals surface area contributed by atoms with Gasteiger partial charge in [-0.15, -0.1) is 0 Å². The van der Waals surface area contributed by atoms with Crippen LogP contribution in [0.2, 0.25) is 0 Å². The second-order valence-electron chi connectivity index (χ2n) is 5.80. The van der Waals surface area contributed by atoms with E-state index in [1.807, 2.05) is 0 Å². The van der Waals surface area contributed by atoms with Crippen molar-refractivity contribution < 1.29 is 0 Å². The topological polar surface area (TPSA) is 17.8 Å².